The van der Waals surface area contributed by atoms with Crippen LogP contribution in [0.15, 0.2) is 18.2 Å². The Hall–Kier alpha value is -1.26. The molecule has 0 saturated carbocycles. The average Bonchev–Trinajstić information content (AvgIpc) is 2.52. The SMILES string of the molecule is CCCNC(C)c1ccc(N2CCC(OC)CC2)cc1O. The van der Waals surface area contributed by atoms with Crippen LogP contribution in [0.4, 0.5) is 5.69 Å². The summed E-state index contributed by atoms with van der Waals surface area (Å²) in [4.78, 5) is 2.32. The molecule has 4 nitrogen and oxygen atoms in total. The molecule has 0 spiro atoms. The first-order valence-electron chi connectivity index (χ1n) is 7.99. The highest BCUT2D eigenvalue weighted by molar-refractivity contribution is 5.54. The minimum absolute atomic E-state index is 0.179. The fourth-order valence-electron chi connectivity index (χ4n) is 2.92. The van der Waals surface area contributed by atoms with E-state index in [1.807, 2.05) is 12.1 Å². The van der Waals surface area contributed by atoms with Crippen LogP contribution >= 0.6 is 0 Å². The molecule has 2 rings (SSSR count). The summed E-state index contributed by atoms with van der Waals surface area (Å²) in [6.07, 6.45) is 3.57. The number of ether oxygens (including phenoxy) is 1. The summed E-state index contributed by atoms with van der Waals surface area (Å²) < 4.78 is 5.40. The molecule has 1 unspecified atom stereocenters. The first kappa shape index (κ1) is 16.1. The largest absolute Gasteiger partial charge is 0.508 e. The second-order valence-corrected chi connectivity index (χ2v) is 5.84. The number of benzene rings is 1. The van der Waals surface area contributed by atoms with E-state index in [0.29, 0.717) is 11.9 Å². The number of nitrogens with zero attached hydrogens (tertiary/aromatic N) is 1. The summed E-state index contributed by atoms with van der Waals surface area (Å²) in [7, 11) is 1.78. The van der Waals surface area contributed by atoms with Gasteiger partial charge in [-0.1, -0.05) is 13.0 Å². The van der Waals surface area contributed by atoms with Crippen molar-refractivity contribution in [3.8, 4) is 5.75 Å². The van der Waals surface area contributed by atoms with Crippen LogP contribution in [0.25, 0.3) is 0 Å². The molecule has 1 heterocycles. The van der Waals surface area contributed by atoms with Crippen LogP contribution in [0.3, 0.4) is 0 Å². The van der Waals surface area contributed by atoms with E-state index in [0.717, 1.165) is 50.1 Å². The molecule has 21 heavy (non-hydrogen) atoms. The molecule has 1 fully saturated rings. The molecule has 0 aliphatic carbocycles. The Morgan fingerprint density at radius 2 is 2.10 bits per heavy atom. The molecule has 0 radical (unpaired) electrons. The first-order chi connectivity index (χ1) is 10.2. The van der Waals surface area contributed by atoms with E-state index in [-0.39, 0.29) is 6.04 Å². The van der Waals surface area contributed by atoms with Gasteiger partial charge < -0.3 is 20.1 Å². The predicted octanol–water partition coefficient (Wildman–Crippen LogP) is 3.07. The number of methoxy groups -OCH3 is 1. The lowest BCUT2D eigenvalue weighted by atomic mass is 10.0. The quantitative estimate of drug-likeness (QED) is 0.846. The second kappa shape index (κ2) is 7.66. The van der Waals surface area contributed by atoms with E-state index in [1.54, 1.807) is 7.11 Å². The predicted molar refractivity (Wildman–Crippen MR) is 87.1 cm³/mol. The van der Waals surface area contributed by atoms with Crippen molar-refractivity contribution in [2.75, 3.05) is 31.6 Å². The van der Waals surface area contributed by atoms with Crippen molar-refractivity contribution in [2.45, 2.75) is 45.3 Å². The molecule has 118 valence electrons. The third-order valence-corrected chi connectivity index (χ3v) is 4.32. The van der Waals surface area contributed by atoms with Gasteiger partial charge in [-0.15, -0.1) is 0 Å². The Bertz CT molecular complexity index is 442. The van der Waals surface area contributed by atoms with E-state index in [2.05, 4.69) is 30.1 Å². The minimum atomic E-state index is 0.179. The Kier molecular flexibility index (Phi) is 5.88. The molecule has 1 aromatic rings. The van der Waals surface area contributed by atoms with Crippen LogP contribution in [0, 0.1) is 0 Å². The number of phenolic OH excluding ortho intramolecular Hbond substituents is 1. The third-order valence-electron chi connectivity index (χ3n) is 4.32. The van der Waals surface area contributed by atoms with Gasteiger partial charge >= 0.3 is 0 Å². The van der Waals surface area contributed by atoms with Gasteiger partial charge in [-0.3, -0.25) is 0 Å². The molecule has 1 saturated heterocycles. The standard InChI is InChI=1S/C17H28N2O2/c1-4-9-18-13(2)16-6-5-14(12-17(16)20)19-10-7-15(21-3)8-11-19/h5-6,12-13,15,18,20H,4,7-11H2,1-3H3. The number of anilines is 1. The van der Waals surface area contributed by atoms with E-state index in [1.165, 1.54) is 0 Å². The van der Waals surface area contributed by atoms with Gasteiger partial charge in [-0.25, -0.2) is 0 Å². The summed E-state index contributed by atoms with van der Waals surface area (Å²) in [6, 6.07) is 6.23. The zero-order valence-corrected chi connectivity index (χ0v) is 13.4. The summed E-state index contributed by atoms with van der Waals surface area (Å²) in [6.45, 7) is 7.18. The van der Waals surface area contributed by atoms with Gasteiger partial charge in [0.15, 0.2) is 0 Å². The fraction of sp³-hybridized carbons (Fsp3) is 0.647. The number of aromatic hydroxyl groups is 1. The number of phenols is 1. The Balaban J connectivity index is 2.02. The Morgan fingerprint density at radius 3 is 2.67 bits per heavy atom. The molecule has 1 aromatic carbocycles. The first-order valence-corrected chi connectivity index (χ1v) is 7.99. The van der Waals surface area contributed by atoms with Gasteiger partial charge in [0, 0.05) is 43.6 Å². The van der Waals surface area contributed by atoms with Gasteiger partial charge in [0.25, 0.3) is 0 Å². The van der Waals surface area contributed by atoms with Gasteiger partial charge in [-0.2, -0.15) is 0 Å². The number of rotatable bonds is 6. The van der Waals surface area contributed by atoms with E-state index < -0.39 is 0 Å². The molecular formula is C17H28N2O2. The van der Waals surface area contributed by atoms with E-state index in [4.69, 9.17) is 4.74 Å². The van der Waals surface area contributed by atoms with Crippen molar-refractivity contribution in [2.24, 2.45) is 0 Å². The van der Waals surface area contributed by atoms with Gasteiger partial charge in [-0.05, 0) is 38.8 Å². The van der Waals surface area contributed by atoms with E-state index >= 15 is 0 Å². The maximum atomic E-state index is 10.3. The smallest absolute Gasteiger partial charge is 0.122 e. The van der Waals surface area contributed by atoms with Gasteiger partial charge in [0.05, 0.1) is 6.10 Å². The molecule has 0 aromatic heterocycles. The number of piperidine rings is 1. The van der Waals surface area contributed by atoms with Crippen molar-refractivity contribution in [1.82, 2.24) is 5.32 Å². The number of hydrogen-bond acceptors (Lipinski definition) is 4. The van der Waals surface area contributed by atoms with Crippen LogP contribution in [0.5, 0.6) is 5.75 Å². The van der Waals surface area contributed by atoms with Crippen molar-refractivity contribution < 1.29 is 9.84 Å². The zero-order valence-electron chi connectivity index (χ0n) is 13.4. The lowest BCUT2D eigenvalue weighted by Gasteiger charge is -2.33. The minimum Gasteiger partial charge on any atom is -0.508 e. The number of hydrogen-bond donors (Lipinski definition) is 2. The fourth-order valence-corrected chi connectivity index (χ4v) is 2.92. The summed E-state index contributed by atoms with van der Waals surface area (Å²) in [5.41, 5.74) is 2.08. The lowest BCUT2D eigenvalue weighted by Crippen LogP contribution is -2.36. The highest BCUT2D eigenvalue weighted by atomic mass is 16.5. The summed E-state index contributed by atoms with van der Waals surface area (Å²) in [5.74, 6) is 0.387. The van der Waals surface area contributed by atoms with Crippen molar-refractivity contribution in [3.63, 3.8) is 0 Å². The highest BCUT2D eigenvalue weighted by Gasteiger charge is 2.20. The normalized spacial score (nSPS) is 18.0. The lowest BCUT2D eigenvalue weighted by molar-refractivity contribution is 0.0819. The third kappa shape index (κ3) is 4.11. The highest BCUT2D eigenvalue weighted by Crippen LogP contribution is 2.30. The van der Waals surface area contributed by atoms with E-state index in [9.17, 15) is 5.11 Å². The molecular weight excluding hydrogens is 264 g/mol. The van der Waals surface area contributed by atoms with Crippen LogP contribution in [0.1, 0.15) is 44.7 Å². The number of nitrogens with one attached hydrogen (secondary N) is 1. The topological polar surface area (TPSA) is 44.7 Å². The molecule has 1 aliphatic rings. The van der Waals surface area contributed by atoms with Gasteiger partial charge in [0.1, 0.15) is 5.75 Å². The van der Waals surface area contributed by atoms with Gasteiger partial charge in [0.2, 0.25) is 0 Å². The van der Waals surface area contributed by atoms with Crippen LogP contribution < -0.4 is 10.2 Å². The van der Waals surface area contributed by atoms with Crippen molar-refractivity contribution in [3.05, 3.63) is 23.8 Å². The summed E-state index contributed by atoms with van der Waals surface area (Å²) >= 11 is 0. The van der Waals surface area contributed by atoms with Crippen LogP contribution in [-0.4, -0.2) is 38.0 Å². The van der Waals surface area contributed by atoms with Crippen molar-refractivity contribution in [1.29, 1.82) is 0 Å². The Labute approximate surface area is 128 Å². The maximum absolute atomic E-state index is 10.3. The average molecular weight is 292 g/mol. The second-order valence-electron chi connectivity index (χ2n) is 5.84. The zero-order chi connectivity index (χ0) is 15.2. The molecule has 0 amide bonds. The van der Waals surface area contributed by atoms with Crippen LogP contribution in [-0.2, 0) is 4.74 Å². The monoisotopic (exact) mass is 292 g/mol. The van der Waals surface area contributed by atoms with Crippen molar-refractivity contribution >= 4 is 5.69 Å². The molecule has 4 heteroatoms. The maximum Gasteiger partial charge on any atom is 0.122 e. The summed E-state index contributed by atoms with van der Waals surface area (Å²) in [5, 5.41) is 13.7. The molecule has 0 bridgehead atoms. The van der Waals surface area contributed by atoms with Crippen LogP contribution in [0.2, 0.25) is 0 Å². The molecule has 1 atom stereocenters. The molecule has 1 aliphatic heterocycles. The molecule has 2 N–H and O–H groups in total. The Morgan fingerprint density at radius 1 is 1.38 bits per heavy atom.